The van der Waals surface area contributed by atoms with Crippen LogP contribution in [-0.4, -0.2) is 12.5 Å². The van der Waals surface area contributed by atoms with Crippen LogP contribution in [0.1, 0.15) is 12.5 Å². The first-order valence-corrected chi connectivity index (χ1v) is 8.54. The summed E-state index contributed by atoms with van der Waals surface area (Å²) in [5.74, 6) is -0.0521. The predicted octanol–water partition coefficient (Wildman–Crippen LogP) is 4.97. The second-order valence-corrected chi connectivity index (χ2v) is 5.82. The SMILES string of the molecule is CCc1ccccc1NC(=O)CNc1ccccc1-c1ccccc1. The van der Waals surface area contributed by atoms with Gasteiger partial charge in [-0.3, -0.25) is 4.79 Å². The second-order valence-electron chi connectivity index (χ2n) is 5.82. The molecule has 0 aliphatic heterocycles. The Hall–Kier alpha value is -3.07. The molecule has 0 bridgehead atoms. The molecule has 3 heteroatoms. The van der Waals surface area contributed by atoms with E-state index in [0.717, 1.165) is 34.5 Å². The predicted molar refractivity (Wildman–Crippen MR) is 105 cm³/mol. The van der Waals surface area contributed by atoms with Crippen LogP contribution in [0, 0.1) is 0 Å². The van der Waals surface area contributed by atoms with Crippen molar-refractivity contribution in [1.29, 1.82) is 0 Å². The second kappa shape index (κ2) is 8.15. The number of carbonyl (C=O) groups is 1. The molecular formula is C22H22N2O. The smallest absolute Gasteiger partial charge is 0.243 e. The van der Waals surface area contributed by atoms with Crippen molar-refractivity contribution < 1.29 is 4.79 Å². The average molecular weight is 330 g/mol. The molecule has 0 aromatic heterocycles. The molecule has 25 heavy (non-hydrogen) atoms. The number of nitrogens with one attached hydrogen (secondary N) is 2. The van der Waals surface area contributed by atoms with Gasteiger partial charge in [-0.05, 0) is 29.7 Å². The molecule has 0 aliphatic rings. The lowest BCUT2D eigenvalue weighted by Crippen LogP contribution is -2.22. The standard InChI is InChI=1S/C22H22N2O/c1-2-17-10-6-8-14-20(17)24-22(25)16-23-21-15-9-7-13-19(21)18-11-4-3-5-12-18/h3-15,23H,2,16H2,1H3,(H,24,25). The van der Waals surface area contributed by atoms with Gasteiger partial charge in [-0.15, -0.1) is 0 Å². The quantitative estimate of drug-likeness (QED) is 0.670. The maximum Gasteiger partial charge on any atom is 0.243 e. The molecule has 0 fully saturated rings. The van der Waals surface area contributed by atoms with E-state index in [1.807, 2.05) is 60.7 Å². The normalized spacial score (nSPS) is 10.3. The largest absolute Gasteiger partial charge is 0.376 e. The minimum atomic E-state index is -0.0521. The molecule has 0 atom stereocenters. The zero-order valence-corrected chi connectivity index (χ0v) is 14.3. The van der Waals surface area contributed by atoms with Gasteiger partial charge in [-0.2, -0.15) is 0 Å². The van der Waals surface area contributed by atoms with Crippen molar-refractivity contribution in [2.75, 3.05) is 17.2 Å². The van der Waals surface area contributed by atoms with Gasteiger partial charge in [0.1, 0.15) is 0 Å². The summed E-state index contributed by atoms with van der Waals surface area (Å²) >= 11 is 0. The van der Waals surface area contributed by atoms with E-state index in [1.54, 1.807) is 0 Å². The number of amides is 1. The molecule has 0 saturated heterocycles. The summed E-state index contributed by atoms with van der Waals surface area (Å²) in [7, 11) is 0. The zero-order chi connectivity index (χ0) is 17.5. The van der Waals surface area contributed by atoms with E-state index in [4.69, 9.17) is 0 Å². The molecule has 0 saturated carbocycles. The molecule has 0 aliphatic carbocycles. The fourth-order valence-corrected chi connectivity index (χ4v) is 2.83. The lowest BCUT2D eigenvalue weighted by molar-refractivity contribution is -0.114. The molecule has 3 rings (SSSR count). The maximum atomic E-state index is 12.3. The number of para-hydroxylation sites is 2. The van der Waals surface area contributed by atoms with Crippen molar-refractivity contribution in [2.45, 2.75) is 13.3 Å². The van der Waals surface area contributed by atoms with Gasteiger partial charge in [0.2, 0.25) is 5.91 Å². The topological polar surface area (TPSA) is 41.1 Å². The highest BCUT2D eigenvalue weighted by atomic mass is 16.1. The lowest BCUT2D eigenvalue weighted by atomic mass is 10.0. The highest BCUT2D eigenvalue weighted by molar-refractivity contribution is 5.95. The Kier molecular flexibility index (Phi) is 5.47. The van der Waals surface area contributed by atoms with Gasteiger partial charge in [0.05, 0.1) is 6.54 Å². The molecule has 126 valence electrons. The molecule has 3 aromatic rings. The summed E-state index contributed by atoms with van der Waals surface area (Å²) in [5.41, 5.74) is 5.19. The highest BCUT2D eigenvalue weighted by Crippen LogP contribution is 2.27. The Labute approximate surface area is 148 Å². The number of hydrogen-bond donors (Lipinski definition) is 2. The van der Waals surface area contributed by atoms with Gasteiger partial charge >= 0.3 is 0 Å². The number of anilines is 2. The highest BCUT2D eigenvalue weighted by Gasteiger charge is 2.08. The molecule has 0 heterocycles. The minimum absolute atomic E-state index is 0.0521. The van der Waals surface area contributed by atoms with Gasteiger partial charge in [0.25, 0.3) is 0 Å². The van der Waals surface area contributed by atoms with Gasteiger partial charge in [-0.25, -0.2) is 0 Å². The molecule has 3 aromatic carbocycles. The van der Waals surface area contributed by atoms with E-state index >= 15 is 0 Å². The van der Waals surface area contributed by atoms with Gasteiger partial charge < -0.3 is 10.6 Å². The summed E-state index contributed by atoms with van der Waals surface area (Å²) in [4.78, 5) is 12.3. The molecule has 0 radical (unpaired) electrons. The van der Waals surface area contributed by atoms with Crippen molar-refractivity contribution in [1.82, 2.24) is 0 Å². The summed E-state index contributed by atoms with van der Waals surface area (Å²) in [6.45, 7) is 2.31. The number of benzene rings is 3. The first-order chi connectivity index (χ1) is 12.3. The van der Waals surface area contributed by atoms with Crippen LogP contribution in [0.4, 0.5) is 11.4 Å². The number of hydrogen-bond acceptors (Lipinski definition) is 2. The Morgan fingerprint density at radius 2 is 1.44 bits per heavy atom. The fraction of sp³-hybridized carbons (Fsp3) is 0.136. The van der Waals surface area contributed by atoms with Crippen molar-refractivity contribution in [3.05, 3.63) is 84.4 Å². The van der Waals surface area contributed by atoms with Crippen LogP contribution in [-0.2, 0) is 11.2 Å². The molecule has 1 amide bonds. The van der Waals surface area contributed by atoms with Gasteiger partial charge in [0, 0.05) is 16.9 Å². The number of rotatable bonds is 6. The van der Waals surface area contributed by atoms with E-state index in [0.29, 0.717) is 0 Å². The van der Waals surface area contributed by atoms with Crippen LogP contribution in [0.3, 0.4) is 0 Å². The van der Waals surface area contributed by atoms with Crippen LogP contribution in [0.15, 0.2) is 78.9 Å². The summed E-state index contributed by atoms with van der Waals surface area (Å²) in [6, 6.07) is 26.1. The Bertz CT molecular complexity index is 843. The lowest BCUT2D eigenvalue weighted by Gasteiger charge is -2.13. The first-order valence-electron chi connectivity index (χ1n) is 8.54. The van der Waals surface area contributed by atoms with E-state index in [9.17, 15) is 4.79 Å². The van der Waals surface area contributed by atoms with Crippen LogP contribution < -0.4 is 10.6 Å². The minimum Gasteiger partial charge on any atom is -0.376 e. The molecule has 2 N–H and O–H groups in total. The van der Waals surface area contributed by atoms with E-state index in [2.05, 4.69) is 35.8 Å². The zero-order valence-electron chi connectivity index (χ0n) is 14.3. The number of aryl methyl sites for hydroxylation is 1. The van der Waals surface area contributed by atoms with Gasteiger partial charge in [-0.1, -0.05) is 73.7 Å². The third-order valence-corrected chi connectivity index (χ3v) is 4.12. The summed E-state index contributed by atoms with van der Waals surface area (Å²) < 4.78 is 0. The fourth-order valence-electron chi connectivity index (χ4n) is 2.83. The average Bonchev–Trinajstić information content (AvgIpc) is 2.68. The summed E-state index contributed by atoms with van der Waals surface area (Å²) in [6.07, 6.45) is 0.890. The van der Waals surface area contributed by atoms with E-state index in [-0.39, 0.29) is 12.5 Å². The third-order valence-electron chi connectivity index (χ3n) is 4.12. The maximum absolute atomic E-state index is 12.3. The Morgan fingerprint density at radius 3 is 2.20 bits per heavy atom. The third kappa shape index (κ3) is 4.27. The van der Waals surface area contributed by atoms with Crippen molar-refractivity contribution in [3.8, 4) is 11.1 Å². The van der Waals surface area contributed by atoms with Gasteiger partial charge in [0.15, 0.2) is 0 Å². The number of carbonyl (C=O) groups excluding carboxylic acids is 1. The van der Waals surface area contributed by atoms with Crippen molar-refractivity contribution in [2.24, 2.45) is 0 Å². The van der Waals surface area contributed by atoms with Crippen molar-refractivity contribution in [3.63, 3.8) is 0 Å². The van der Waals surface area contributed by atoms with E-state index < -0.39 is 0 Å². The van der Waals surface area contributed by atoms with Crippen molar-refractivity contribution >= 4 is 17.3 Å². The Balaban J connectivity index is 1.69. The first kappa shape index (κ1) is 16.8. The molecular weight excluding hydrogens is 308 g/mol. The van der Waals surface area contributed by atoms with Crippen LogP contribution in [0.5, 0.6) is 0 Å². The summed E-state index contributed by atoms with van der Waals surface area (Å²) in [5, 5.41) is 6.25. The monoisotopic (exact) mass is 330 g/mol. The molecule has 3 nitrogen and oxygen atoms in total. The molecule has 0 spiro atoms. The van der Waals surface area contributed by atoms with Crippen LogP contribution in [0.2, 0.25) is 0 Å². The molecule has 0 unspecified atom stereocenters. The van der Waals surface area contributed by atoms with Crippen LogP contribution in [0.25, 0.3) is 11.1 Å². The Morgan fingerprint density at radius 1 is 0.800 bits per heavy atom. The van der Waals surface area contributed by atoms with E-state index in [1.165, 1.54) is 0 Å². The van der Waals surface area contributed by atoms with Crippen LogP contribution >= 0.6 is 0 Å².